The molecular weight excluding hydrogens is 354 g/mol. The first-order valence-electron chi connectivity index (χ1n) is 8.06. The fourth-order valence-electron chi connectivity index (χ4n) is 2.44. The molecule has 0 unspecified atom stereocenters. The molecule has 0 aromatic heterocycles. The molecule has 2 rings (SSSR count). The van der Waals surface area contributed by atoms with Crippen LogP contribution in [0.4, 0.5) is 11.4 Å². The summed E-state index contributed by atoms with van der Waals surface area (Å²) >= 11 is 5.95. The van der Waals surface area contributed by atoms with Gasteiger partial charge in [0, 0.05) is 10.7 Å². The van der Waals surface area contributed by atoms with Gasteiger partial charge in [-0.1, -0.05) is 23.7 Å². The lowest BCUT2D eigenvalue weighted by atomic mass is 10.2. The Morgan fingerprint density at radius 3 is 2.42 bits per heavy atom. The standard InChI is InChI=1S/C19H22ClN3O3/c1-13-5-4-6-15(9-13)21-18(24)11-23(2)12-19(25)22-16-10-14(20)7-8-17(16)26-3/h4-10H,11-12H2,1-3H3,(H,21,24)(H,22,25). The smallest absolute Gasteiger partial charge is 0.238 e. The first kappa shape index (κ1) is 19.8. The summed E-state index contributed by atoms with van der Waals surface area (Å²) in [5, 5.41) is 6.05. The molecule has 0 atom stereocenters. The van der Waals surface area contributed by atoms with E-state index in [0.29, 0.717) is 16.5 Å². The second kappa shape index (κ2) is 9.22. The number of benzene rings is 2. The van der Waals surface area contributed by atoms with Gasteiger partial charge in [-0.2, -0.15) is 0 Å². The van der Waals surface area contributed by atoms with Crippen molar-refractivity contribution >= 4 is 34.8 Å². The van der Waals surface area contributed by atoms with E-state index in [1.807, 2.05) is 31.2 Å². The molecule has 0 saturated heterocycles. The van der Waals surface area contributed by atoms with Gasteiger partial charge in [-0.3, -0.25) is 14.5 Å². The van der Waals surface area contributed by atoms with Crippen LogP contribution < -0.4 is 15.4 Å². The van der Waals surface area contributed by atoms with Gasteiger partial charge in [-0.15, -0.1) is 0 Å². The Balaban J connectivity index is 1.87. The molecule has 26 heavy (non-hydrogen) atoms. The summed E-state index contributed by atoms with van der Waals surface area (Å²) in [5.74, 6) is 0.0604. The van der Waals surface area contributed by atoms with E-state index in [1.54, 1.807) is 30.1 Å². The highest BCUT2D eigenvalue weighted by Gasteiger charge is 2.13. The Hall–Kier alpha value is -2.57. The van der Waals surface area contributed by atoms with Crippen molar-refractivity contribution in [3.63, 3.8) is 0 Å². The van der Waals surface area contributed by atoms with Crippen molar-refractivity contribution in [2.45, 2.75) is 6.92 Å². The zero-order chi connectivity index (χ0) is 19.1. The number of carbonyl (C=O) groups excluding carboxylic acids is 2. The van der Waals surface area contributed by atoms with E-state index < -0.39 is 0 Å². The molecule has 2 aromatic rings. The maximum atomic E-state index is 12.2. The molecule has 0 saturated carbocycles. The second-order valence-corrected chi connectivity index (χ2v) is 6.42. The van der Waals surface area contributed by atoms with E-state index in [4.69, 9.17) is 16.3 Å². The zero-order valence-corrected chi connectivity index (χ0v) is 15.8. The number of halogens is 1. The molecule has 138 valence electrons. The molecule has 0 aliphatic carbocycles. The van der Waals surface area contributed by atoms with Crippen molar-refractivity contribution < 1.29 is 14.3 Å². The van der Waals surface area contributed by atoms with Gasteiger partial charge >= 0.3 is 0 Å². The number of methoxy groups -OCH3 is 1. The van der Waals surface area contributed by atoms with Gasteiger partial charge in [0.25, 0.3) is 0 Å². The number of amides is 2. The van der Waals surface area contributed by atoms with Crippen molar-refractivity contribution in [3.05, 3.63) is 53.1 Å². The van der Waals surface area contributed by atoms with E-state index in [1.165, 1.54) is 7.11 Å². The number of carbonyl (C=O) groups is 2. The molecule has 7 heteroatoms. The molecule has 0 heterocycles. The van der Waals surface area contributed by atoms with Gasteiger partial charge in [0.1, 0.15) is 5.75 Å². The highest BCUT2D eigenvalue weighted by atomic mass is 35.5. The van der Waals surface area contributed by atoms with E-state index in [0.717, 1.165) is 11.3 Å². The molecule has 0 aliphatic heterocycles. The molecule has 0 fully saturated rings. The normalized spacial score (nSPS) is 10.5. The van der Waals surface area contributed by atoms with Crippen molar-refractivity contribution in [3.8, 4) is 5.75 Å². The number of likely N-dealkylation sites (N-methyl/N-ethyl adjacent to an activating group) is 1. The van der Waals surface area contributed by atoms with Crippen molar-refractivity contribution in [1.29, 1.82) is 0 Å². The molecule has 2 amide bonds. The van der Waals surface area contributed by atoms with Gasteiger partial charge in [-0.25, -0.2) is 0 Å². The lowest BCUT2D eigenvalue weighted by Gasteiger charge is -2.17. The van der Waals surface area contributed by atoms with Gasteiger partial charge in [0.15, 0.2) is 0 Å². The van der Waals surface area contributed by atoms with E-state index in [9.17, 15) is 9.59 Å². The molecule has 6 nitrogen and oxygen atoms in total. The number of ether oxygens (including phenoxy) is 1. The fraction of sp³-hybridized carbons (Fsp3) is 0.263. The third-order valence-electron chi connectivity index (χ3n) is 3.56. The third kappa shape index (κ3) is 6.06. The number of aryl methyl sites for hydroxylation is 1. The Kier molecular flexibility index (Phi) is 7.00. The lowest BCUT2D eigenvalue weighted by Crippen LogP contribution is -2.36. The minimum atomic E-state index is -0.267. The summed E-state index contributed by atoms with van der Waals surface area (Å²) in [5.41, 5.74) is 2.28. The second-order valence-electron chi connectivity index (χ2n) is 5.98. The van der Waals surface area contributed by atoms with Crippen LogP contribution in [0.25, 0.3) is 0 Å². The third-order valence-corrected chi connectivity index (χ3v) is 3.80. The summed E-state index contributed by atoms with van der Waals surface area (Å²) < 4.78 is 5.20. The molecule has 0 bridgehead atoms. The first-order chi connectivity index (χ1) is 12.4. The maximum Gasteiger partial charge on any atom is 0.238 e. The van der Waals surface area contributed by atoms with Crippen molar-refractivity contribution in [1.82, 2.24) is 4.90 Å². The van der Waals surface area contributed by atoms with Crippen molar-refractivity contribution in [2.75, 3.05) is 37.9 Å². The zero-order valence-electron chi connectivity index (χ0n) is 15.0. The molecule has 0 aliphatic rings. The SMILES string of the molecule is COc1ccc(Cl)cc1NC(=O)CN(C)CC(=O)Nc1cccc(C)c1. The van der Waals surface area contributed by atoms with Gasteiger partial charge in [0.2, 0.25) is 11.8 Å². The highest BCUT2D eigenvalue weighted by Crippen LogP contribution is 2.27. The summed E-state index contributed by atoms with van der Waals surface area (Å²) in [4.78, 5) is 25.9. The van der Waals surface area contributed by atoms with Crippen LogP contribution in [0.2, 0.25) is 5.02 Å². The Bertz CT molecular complexity index is 795. The maximum absolute atomic E-state index is 12.2. The van der Waals surface area contributed by atoms with Crippen LogP contribution in [0, 0.1) is 6.92 Å². The van der Waals surface area contributed by atoms with E-state index >= 15 is 0 Å². The fourth-order valence-corrected chi connectivity index (χ4v) is 2.61. The number of hydrogen-bond donors (Lipinski definition) is 2. The number of anilines is 2. The topological polar surface area (TPSA) is 70.7 Å². The monoisotopic (exact) mass is 375 g/mol. The van der Waals surface area contributed by atoms with Crippen LogP contribution in [0.5, 0.6) is 5.75 Å². The van der Waals surface area contributed by atoms with Gasteiger partial charge < -0.3 is 15.4 Å². The predicted octanol–water partition coefficient (Wildman–Crippen LogP) is 3.17. The molecular formula is C19H22ClN3O3. The van der Waals surface area contributed by atoms with Crippen LogP contribution in [0.3, 0.4) is 0 Å². The quantitative estimate of drug-likeness (QED) is 0.779. The van der Waals surface area contributed by atoms with Crippen molar-refractivity contribution in [2.24, 2.45) is 0 Å². The van der Waals surface area contributed by atoms with E-state index in [-0.39, 0.29) is 24.9 Å². The number of rotatable bonds is 7. The van der Waals surface area contributed by atoms with Gasteiger partial charge in [-0.05, 0) is 49.9 Å². The van der Waals surface area contributed by atoms with Crippen LogP contribution in [0.15, 0.2) is 42.5 Å². The minimum Gasteiger partial charge on any atom is -0.495 e. The number of hydrogen-bond acceptors (Lipinski definition) is 4. The lowest BCUT2D eigenvalue weighted by molar-refractivity contribution is -0.119. The average Bonchev–Trinajstić information content (AvgIpc) is 2.54. The summed E-state index contributed by atoms with van der Waals surface area (Å²) in [6.45, 7) is 2.10. The van der Waals surface area contributed by atoms with E-state index in [2.05, 4.69) is 10.6 Å². The summed E-state index contributed by atoms with van der Waals surface area (Å²) in [6, 6.07) is 12.5. The largest absolute Gasteiger partial charge is 0.495 e. The molecule has 2 aromatic carbocycles. The molecule has 2 N–H and O–H groups in total. The van der Waals surface area contributed by atoms with Crippen LogP contribution in [-0.2, 0) is 9.59 Å². The summed E-state index contributed by atoms with van der Waals surface area (Å²) in [7, 11) is 3.21. The summed E-state index contributed by atoms with van der Waals surface area (Å²) in [6.07, 6.45) is 0. The molecule has 0 spiro atoms. The molecule has 0 radical (unpaired) electrons. The van der Waals surface area contributed by atoms with Crippen LogP contribution >= 0.6 is 11.6 Å². The van der Waals surface area contributed by atoms with Crippen LogP contribution in [0.1, 0.15) is 5.56 Å². The highest BCUT2D eigenvalue weighted by molar-refractivity contribution is 6.31. The Morgan fingerprint density at radius 1 is 1.08 bits per heavy atom. The van der Waals surface area contributed by atoms with Gasteiger partial charge in [0.05, 0.1) is 25.9 Å². The first-order valence-corrected chi connectivity index (χ1v) is 8.43. The average molecular weight is 376 g/mol. The van der Waals surface area contributed by atoms with Crippen LogP contribution in [-0.4, -0.2) is 44.0 Å². The Labute approximate surface area is 158 Å². The minimum absolute atomic E-state index is 0.0525. The predicted molar refractivity (Wildman–Crippen MR) is 104 cm³/mol. The number of nitrogens with zero attached hydrogens (tertiary/aromatic N) is 1. The number of nitrogens with one attached hydrogen (secondary N) is 2. The Morgan fingerprint density at radius 2 is 1.77 bits per heavy atom.